The van der Waals surface area contributed by atoms with Gasteiger partial charge in [-0.1, -0.05) is 30.3 Å². The highest BCUT2D eigenvalue weighted by atomic mass is 32.1. The predicted octanol–water partition coefficient (Wildman–Crippen LogP) is 2.09. The number of carbonyl (C=O) groups is 1. The molecule has 0 aliphatic carbocycles. The Hall–Kier alpha value is -1.69. The molecule has 0 saturated carbocycles. The highest BCUT2D eigenvalue weighted by molar-refractivity contribution is 7.07. The lowest BCUT2D eigenvalue weighted by Gasteiger charge is -2.38. The molecule has 1 aromatic heterocycles. The maximum absolute atomic E-state index is 11.9. The zero-order valence-corrected chi connectivity index (χ0v) is 13.3. The summed E-state index contributed by atoms with van der Waals surface area (Å²) < 4.78 is 0. The molecule has 22 heavy (non-hydrogen) atoms. The van der Waals surface area contributed by atoms with Crippen molar-refractivity contribution < 1.29 is 4.79 Å². The molecule has 5 heteroatoms. The molecule has 116 valence electrons. The highest BCUT2D eigenvalue weighted by Gasteiger charge is 2.28. The number of hydrogen-bond acceptors (Lipinski definition) is 4. The lowest BCUT2D eigenvalue weighted by atomic mass is 10.0. The van der Waals surface area contributed by atoms with Crippen molar-refractivity contribution in [1.82, 2.24) is 9.80 Å². The highest BCUT2D eigenvalue weighted by Crippen LogP contribution is 2.22. The number of carbonyl (C=O) groups excluding carboxylic acids is 1. The van der Waals surface area contributed by atoms with Gasteiger partial charge in [0, 0.05) is 32.7 Å². The second-order valence-corrected chi connectivity index (χ2v) is 6.44. The maximum atomic E-state index is 11.9. The van der Waals surface area contributed by atoms with Crippen LogP contribution in [0.15, 0.2) is 47.2 Å². The van der Waals surface area contributed by atoms with Crippen LogP contribution >= 0.6 is 11.3 Å². The lowest BCUT2D eigenvalue weighted by Crippen LogP contribution is -2.49. The fourth-order valence-electron chi connectivity index (χ4n) is 3.01. The largest absolute Gasteiger partial charge is 0.368 e. The van der Waals surface area contributed by atoms with Crippen molar-refractivity contribution in [3.05, 3.63) is 58.3 Å². The molecule has 0 spiro atoms. The molecule has 1 fully saturated rings. The first-order valence-electron chi connectivity index (χ1n) is 7.56. The molecule has 1 atom stereocenters. The van der Waals surface area contributed by atoms with Gasteiger partial charge in [0.15, 0.2) is 0 Å². The smallest absolute Gasteiger partial charge is 0.239 e. The standard InChI is InChI=1S/C17H21N3OS/c18-17(21)16(15-4-2-1-3-5-15)20-9-7-19(8-10-20)12-14-6-11-22-13-14/h1-6,11,13,16H,7-10,12H2,(H2,18,21)/t16-/m0/s1. The quantitative estimate of drug-likeness (QED) is 0.919. The van der Waals surface area contributed by atoms with E-state index in [0.717, 1.165) is 38.3 Å². The molecule has 1 saturated heterocycles. The van der Waals surface area contributed by atoms with Gasteiger partial charge in [0.2, 0.25) is 5.91 Å². The van der Waals surface area contributed by atoms with Gasteiger partial charge in [-0.15, -0.1) is 0 Å². The van der Waals surface area contributed by atoms with Crippen molar-refractivity contribution in [2.24, 2.45) is 5.73 Å². The van der Waals surface area contributed by atoms with Gasteiger partial charge < -0.3 is 5.73 Å². The number of nitrogens with zero attached hydrogens (tertiary/aromatic N) is 2. The summed E-state index contributed by atoms with van der Waals surface area (Å²) in [6.07, 6.45) is 0. The van der Waals surface area contributed by atoms with Crippen molar-refractivity contribution >= 4 is 17.2 Å². The number of thiophene rings is 1. The van der Waals surface area contributed by atoms with E-state index < -0.39 is 0 Å². The normalized spacial score (nSPS) is 18.2. The SMILES string of the molecule is NC(=O)[C@H](c1ccccc1)N1CCN(Cc2ccsc2)CC1. The summed E-state index contributed by atoms with van der Waals surface area (Å²) in [5.41, 5.74) is 8.01. The third kappa shape index (κ3) is 3.55. The van der Waals surface area contributed by atoms with E-state index >= 15 is 0 Å². The minimum Gasteiger partial charge on any atom is -0.368 e. The van der Waals surface area contributed by atoms with Crippen LogP contribution in [0.25, 0.3) is 0 Å². The van der Waals surface area contributed by atoms with Crippen molar-refractivity contribution in [2.45, 2.75) is 12.6 Å². The molecule has 2 N–H and O–H groups in total. The summed E-state index contributed by atoms with van der Waals surface area (Å²) in [7, 11) is 0. The van der Waals surface area contributed by atoms with E-state index in [1.807, 2.05) is 30.3 Å². The first-order chi connectivity index (χ1) is 10.7. The molecule has 4 nitrogen and oxygen atoms in total. The molecule has 1 amide bonds. The lowest BCUT2D eigenvalue weighted by molar-refractivity contribution is -0.124. The van der Waals surface area contributed by atoms with Gasteiger partial charge >= 0.3 is 0 Å². The second-order valence-electron chi connectivity index (χ2n) is 5.66. The van der Waals surface area contributed by atoms with E-state index in [2.05, 4.69) is 26.6 Å². The summed E-state index contributed by atoms with van der Waals surface area (Å²) in [5.74, 6) is -0.266. The topological polar surface area (TPSA) is 49.6 Å². The number of rotatable bonds is 5. The Morgan fingerprint density at radius 1 is 1.14 bits per heavy atom. The summed E-state index contributed by atoms with van der Waals surface area (Å²) >= 11 is 1.74. The summed E-state index contributed by atoms with van der Waals surface area (Å²) in [5, 5.41) is 4.31. The minimum absolute atomic E-state index is 0.266. The Labute approximate surface area is 135 Å². The fraction of sp³-hybridized carbons (Fsp3) is 0.353. The second kappa shape index (κ2) is 7.05. The van der Waals surface area contributed by atoms with Gasteiger partial charge in [-0.3, -0.25) is 14.6 Å². The molecular formula is C17H21N3OS. The molecule has 2 heterocycles. The van der Waals surface area contributed by atoms with Crippen molar-refractivity contribution in [3.8, 4) is 0 Å². The van der Waals surface area contributed by atoms with E-state index in [1.54, 1.807) is 11.3 Å². The molecule has 3 rings (SSSR count). The summed E-state index contributed by atoms with van der Waals surface area (Å²) in [6.45, 7) is 4.65. The minimum atomic E-state index is -0.315. The van der Waals surface area contributed by atoms with E-state index in [-0.39, 0.29) is 11.9 Å². The van der Waals surface area contributed by atoms with Crippen LogP contribution in [-0.4, -0.2) is 41.9 Å². The summed E-state index contributed by atoms with van der Waals surface area (Å²) in [6, 6.07) is 11.7. The molecule has 2 aromatic rings. The van der Waals surface area contributed by atoms with Crippen LogP contribution in [0.2, 0.25) is 0 Å². The Morgan fingerprint density at radius 2 is 1.86 bits per heavy atom. The first kappa shape index (κ1) is 15.2. The molecule has 0 bridgehead atoms. The Morgan fingerprint density at radius 3 is 2.45 bits per heavy atom. The van der Waals surface area contributed by atoms with Crippen LogP contribution in [0.3, 0.4) is 0 Å². The number of hydrogen-bond donors (Lipinski definition) is 1. The Balaban J connectivity index is 1.62. The third-order valence-electron chi connectivity index (χ3n) is 4.14. The number of primary amides is 1. The van der Waals surface area contributed by atoms with E-state index in [4.69, 9.17) is 5.73 Å². The van der Waals surface area contributed by atoms with E-state index in [1.165, 1.54) is 5.56 Å². The summed E-state index contributed by atoms with van der Waals surface area (Å²) in [4.78, 5) is 16.5. The zero-order valence-electron chi connectivity index (χ0n) is 12.5. The Bertz CT molecular complexity index is 592. The molecule has 1 aliphatic heterocycles. The monoisotopic (exact) mass is 315 g/mol. The molecule has 0 radical (unpaired) electrons. The van der Waals surface area contributed by atoms with Gasteiger partial charge in [-0.2, -0.15) is 11.3 Å². The van der Waals surface area contributed by atoms with Crippen LogP contribution in [-0.2, 0) is 11.3 Å². The number of amides is 1. The zero-order chi connectivity index (χ0) is 15.4. The fourth-order valence-corrected chi connectivity index (χ4v) is 3.67. The third-order valence-corrected chi connectivity index (χ3v) is 4.88. The van der Waals surface area contributed by atoms with Gasteiger partial charge in [0.25, 0.3) is 0 Å². The number of nitrogens with two attached hydrogens (primary N) is 1. The van der Waals surface area contributed by atoms with Crippen molar-refractivity contribution in [1.29, 1.82) is 0 Å². The van der Waals surface area contributed by atoms with Crippen LogP contribution < -0.4 is 5.73 Å². The average Bonchev–Trinajstić information content (AvgIpc) is 3.03. The van der Waals surface area contributed by atoms with Crippen LogP contribution in [0.1, 0.15) is 17.2 Å². The molecule has 1 aliphatic rings. The van der Waals surface area contributed by atoms with Gasteiger partial charge in [-0.25, -0.2) is 0 Å². The van der Waals surface area contributed by atoms with Gasteiger partial charge in [-0.05, 0) is 28.0 Å². The molecular weight excluding hydrogens is 294 g/mol. The van der Waals surface area contributed by atoms with E-state index in [0.29, 0.717) is 0 Å². The number of benzene rings is 1. The first-order valence-corrected chi connectivity index (χ1v) is 8.50. The molecule has 0 unspecified atom stereocenters. The van der Waals surface area contributed by atoms with Crippen molar-refractivity contribution in [2.75, 3.05) is 26.2 Å². The number of piperazine rings is 1. The van der Waals surface area contributed by atoms with E-state index in [9.17, 15) is 4.79 Å². The maximum Gasteiger partial charge on any atom is 0.239 e. The van der Waals surface area contributed by atoms with Crippen molar-refractivity contribution in [3.63, 3.8) is 0 Å². The van der Waals surface area contributed by atoms with Crippen LogP contribution in [0.5, 0.6) is 0 Å². The molecule has 1 aromatic carbocycles. The average molecular weight is 315 g/mol. The van der Waals surface area contributed by atoms with Gasteiger partial charge in [0.05, 0.1) is 0 Å². The predicted molar refractivity (Wildman–Crippen MR) is 89.5 cm³/mol. The van der Waals surface area contributed by atoms with Crippen LogP contribution in [0, 0.1) is 0 Å². The van der Waals surface area contributed by atoms with Crippen LogP contribution in [0.4, 0.5) is 0 Å². The Kier molecular flexibility index (Phi) is 4.87. The van der Waals surface area contributed by atoms with Gasteiger partial charge in [0.1, 0.15) is 6.04 Å².